The Balaban J connectivity index is 3.37. The SMILES string of the molecule is O=Cc1c(F)ccnc1C(=O)O. The molecular formula is C7H4FNO3. The van der Waals surface area contributed by atoms with Crippen LogP contribution in [-0.2, 0) is 0 Å². The van der Waals surface area contributed by atoms with Crippen molar-refractivity contribution in [3.05, 3.63) is 29.3 Å². The number of halogens is 1. The van der Waals surface area contributed by atoms with Crippen molar-refractivity contribution in [3.63, 3.8) is 0 Å². The Hall–Kier alpha value is -1.78. The smallest absolute Gasteiger partial charge is 0.355 e. The summed E-state index contributed by atoms with van der Waals surface area (Å²) in [6, 6.07) is 0.927. The van der Waals surface area contributed by atoms with Gasteiger partial charge in [-0.05, 0) is 6.07 Å². The zero-order valence-corrected chi connectivity index (χ0v) is 5.82. The molecule has 0 saturated carbocycles. The van der Waals surface area contributed by atoms with Crippen LogP contribution in [0.3, 0.4) is 0 Å². The fourth-order valence-corrected chi connectivity index (χ4v) is 0.732. The summed E-state index contributed by atoms with van der Waals surface area (Å²) >= 11 is 0. The van der Waals surface area contributed by atoms with E-state index in [2.05, 4.69) is 4.98 Å². The summed E-state index contributed by atoms with van der Waals surface area (Å²) in [5.74, 6) is -2.30. The Morgan fingerprint density at radius 1 is 1.67 bits per heavy atom. The first kappa shape index (κ1) is 8.32. The Morgan fingerprint density at radius 2 is 2.33 bits per heavy atom. The molecule has 12 heavy (non-hydrogen) atoms. The number of aldehydes is 1. The van der Waals surface area contributed by atoms with Crippen molar-refractivity contribution in [2.75, 3.05) is 0 Å². The van der Waals surface area contributed by atoms with Gasteiger partial charge < -0.3 is 5.11 Å². The van der Waals surface area contributed by atoms with E-state index in [1.807, 2.05) is 0 Å². The summed E-state index contributed by atoms with van der Waals surface area (Å²) in [6.45, 7) is 0. The van der Waals surface area contributed by atoms with Crippen molar-refractivity contribution in [3.8, 4) is 0 Å². The molecule has 0 amide bonds. The number of aromatic nitrogens is 1. The minimum Gasteiger partial charge on any atom is -0.476 e. The number of carboxylic acids is 1. The molecule has 1 aromatic rings. The molecule has 1 heterocycles. The molecule has 0 bridgehead atoms. The van der Waals surface area contributed by atoms with Crippen LogP contribution in [0.4, 0.5) is 4.39 Å². The first-order valence-corrected chi connectivity index (χ1v) is 2.99. The van der Waals surface area contributed by atoms with Crippen molar-refractivity contribution in [2.24, 2.45) is 0 Å². The van der Waals surface area contributed by atoms with E-state index < -0.39 is 23.0 Å². The largest absolute Gasteiger partial charge is 0.476 e. The van der Waals surface area contributed by atoms with Crippen LogP contribution in [0.25, 0.3) is 0 Å². The highest BCUT2D eigenvalue weighted by atomic mass is 19.1. The molecule has 0 aliphatic heterocycles. The molecule has 1 N–H and O–H groups in total. The summed E-state index contributed by atoms with van der Waals surface area (Å²) < 4.78 is 12.7. The summed E-state index contributed by atoms with van der Waals surface area (Å²) in [5, 5.41) is 8.43. The third-order valence-electron chi connectivity index (χ3n) is 1.26. The minimum absolute atomic E-state index is 0.131. The first-order chi connectivity index (χ1) is 5.66. The molecule has 0 aromatic carbocycles. The molecule has 4 nitrogen and oxygen atoms in total. The molecule has 0 saturated heterocycles. The van der Waals surface area contributed by atoms with E-state index in [1.165, 1.54) is 0 Å². The normalized spacial score (nSPS) is 9.42. The Labute approximate surface area is 66.7 Å². The monoisotopic (exact) mass is 169 g/mol. The summed E-state index contributed by atoms with van der Waals surface area (Å²) in [6.07, 6.45) is 1.12. The van der Waals surface area contributed by atoms with Crippen molar-refractivity contribution in [1.82, 2.24) is 4.98 Å². The van der Waals surface area contributed by atoms with Gasteiger partial charge in [-0.2, -0.15) is 0 Å². The molecule has 0 aliphatic rings. The van der Waals surface area contributed by atoms with Crippen LogP contribution in [0.5, 0.6) is 0 Å². The topological polar surface area (TPSA) is 67.3 Å². The van der Waals surface area contributed by atoms with Gasteiger partial charge in [0, 0.05) is 6.20 Å². The van der Waals surface area contributed by atoms with E-state index >= 15 is 0 Å². The van der Waals surface area contributed by atoms with Crippen molar-refractivity contribution in [1.29, 1.82) is 0 Å². The maximum absolute atomic E-state index is 12.7. The van der Waals surface area contributed by atoms with Crippen LogP contribution in [-0.4, -0.2) is 22.3 Å². The van der Waals surface area contributed by atoms with E-state index in [9.17, 15) is 14.0 Å². The number of hydrogen-bond donors (Lipinski definition) is 1. The number of aromatic carboxylic acids is 1. The highest BCUT2D eigenvalue weighted by Gasteiger charge is 2.14. The molecule has 0 aliphatic carbocycles. The summed E-state index contributed by atoms with van der Waals surface area (Å²) in [7, 11) is 0. The molecule has 0 radical (unpaired) electrons. The number of hydrogen-bond acceptors (Lipinski definition) is 3. The van der Waals surface area contributed by atoms with Gasteiger partial charge in [-0.15, -0.1) is 0 Å². The van der Waals surface area contributed by atoms with Gasteiger partial charge in [-0.1, -0.05) is 0 Å². The number of carbonyl (C=O) groups is 2. The second-order valence-electron chi connectivity index (χ2n) is 1.98. The van der Waals surface area contributed by atoms with E-state index in [1.54, 1.807) is 0 Å². The molecule has 62 valence electrons. The van der Waals surface area contributed by atoms with Crippen LogP contribution < -0.4 is 0 Å². The summed E-state index contributed by atoms with van der Waals surface area (Å²) in [4.78, 5) is 23.9. The standard InChI is InChI=1S/C7H4FNO3/c8-5-1-2-9-6(7(11)12)4(5)3-10/h1-3H,(H,11,12). The summed E-state index contributed by atoms with van der Waals surface area (Å²) in [5.41, 5.74) is -1.09. The second kappa shape index (κ2) is 3.08. The second-order valence-corrected chi connectivity index (χ2v) is 1.98. The van der Waals surface area contributed by atoms with Crippen LogP contribution >= 0.6 is 0 Å². The highest BCUT2D eigenvalue weighted by molar-refractivity contribution is 5.95. The maximum Gasteiger partial charge on any atom is 0.355 e. The van der Waals surface area contributed by atoms with Gasteiger partial charge in [-0.25, -0.2) is 14.2 Å². The number of pyridine rings is 1. The highest BCUT2D eigenvalue weighted by Crippen LogP contribution is 2.07. The Kier molecular flexibility index (Phi) is 2.14. The van der Waals surface area contributed by atoms with Gasteiger partial charge in [-0.3, -0.25) is 4.79 Å². The lowest BCUT2D eigenvalue weighted by molar-refractivity contribution is 0.0686. The van der Waals surface area contributed by atoms with Crippen molar-refractivity contribution >= 4 is 12.3 Å². The average Bonchev–Trinajstić information content (AvgIpc) is 2.03. The van der Waals surface area contributed by atoms with Gasteiger partial charge in [0.15, 0.2) is 12.0 Å². The van der Waals surface area contributed by atoms with E-state index in [-0.39, 0.29) is 6.29 Å². The van der Waals surface area contributed by atoms with Crippen LogP contribution in [0.15, 0.2) is 12.3 Å². The zero-order chi connectivity index (χ0) is 9.14. The van der Waals surface area contributed by atoms with E-state index in [0.717, 1.165) is 12.3 Å². The van der Waals surface area contributed by atoms with E-state index in [4.69, 9.17) is 5.11 Å². The minimum atomic E-state index is -1.42. The van der Waals surface area contributed by atoms with Crippen LogP contribution in [0, 0.1) is 5.82 Å². The Bertz CT molecular complexity index is 337. The predicted octanol–water partition coefficient (Wildman–Crippen LogP) is 0.731. The zero-order valence-electron chi connectivity index (χ0n) is 5.82. The van der Waals surface area contributed by atoms with Gasteiger partial charge in [0.2, 0.25) is 0 Å². The van der Waals surface area contributed by atoms with Crippen molar-refractivity contribution < 1.29 is 19.1 Å². The predicted molar refractivity (Wildman–Crippen MR) is 36.5 cm³/mol. The number of carboxylic acid groups (broad SMARTS) is 1. The third kappa shape index (κ3) is 1.29. The van der Waals surface area contributed by atoms with Crippen LogP contribution in [0.2, 0.25) is 0 Å². The quantitative estimate of drug-likeness (QED) is 0.662. The molecule has 1 rings (SSSR count). The number of nitrogens with zero attached hydrogens (tertiary/aromatic N) is 1. The fourth-order valence-electron chi connectivity index (χ4n) is 0.732. The molecule has 0 unspecified atom stereocenters. The van der Waals surface area contributed by atoms with Crippen molar-refractivity contribution in [2.45, 2.75) is 0 Å². The lowest BCUT2D eigenvalue weighted by Crippen LogP contribution is -2.06. The van der Waals surface area contributed by atoms with Gasteiger partial charge in [0.05, 0.1) is 5.56 Å². The lowest BCUT2D eigenvalue weighted by atomic mass is 10.2. The van der Waals surface area contributed by atoms with E-state index in [0.29, 0.717) is 0 Å². The molecule has 0 fully saturated rings. The first-order valence-electron chi connectivity index (χ1n) is 2.99. The lowest BCUT2D eigenvalue weighted by Gasteiger charge is -1.97. The molecule has 1 aromatic heterocycles. The van der Waals surface area contributed by atoms with Crippen LogP contribution in [0.1, 0.15) is 20.8 Å². The van der Waals surface area contributed by atoms with Gasteiger partial charge in [0.25, 0.3) is 0 Å². The molecule has 5 heteroatoms. The Morgan fingerprint density at radius 3 is 2.75 bits per heavy atom. The fraction of sp³-hybridized carbons (Fsp3) is 0. The van der Waals surface area contributed by atoms with Gasteiger partial charge >= 0.3 is 5.97 Å². The molecule has 0 atom stereocenters. The third-order valence-corrected chi connectivity index (χ3v) is 1.26. The maximum atomic E-state index is 12.7. The number of carbonyl (C=O) groups excluding carboxylic acids is 1. The number of rotatable bonds is 2. The van der Waals surface area contributed by atoms with Gasteiger partial charge in [0.1, 0.15) is 5.82 Å². The average molecular weight is 169 g/mol. The molecular weight excluding hydrogens is 165 g/mol. The molecule has 0 spiro atoms.